The number of piperidine rings is 1. The Kier molecular flexibility index (Phi) is 5.94. The molecule has 6 heteroatoms. The van der Waals surface area contributed by atoms with Crippen molar-refractivity contribution in [3.63, 3.8) is 0 Å². The summed E-state index contributed by atoms with van der Waals surface area (Å²) < 4.78 is 5.35. The lowest BCUT2D eigenvalue weighted by Crippen LogP contribution is -2.46. The highest BCUT2D eigenvalue weighted by atomic mass is 16.5. The number of methoxy groups -OCH3 is 1. The lowest BCUT2D eigenvalue weighted by atomic mass is 10.0. The summed E-state index contributed by atoms with van der Waals surface area (Å²) in [4.78, 5) is 31.1. The van der Waals surface area contributed by atoms with Crippen LogP contribution in [0.25, 0.3) is 10.8 Å². The molecule has 1 aromatic carbocycles. The fourth-order valence-electron chi connectivity index (χ4n) is 3.45. The van der Waals surface area contributed by atoms with E-state index < -0.39 is 0 Å². The maximum atomic E-state index is 12.7. The minimum Gasteiger partial charge on any atom is -0.481 e. The van der Waals surface area contributed by atoms with Crippen LogP contribution in [0.4, 0.5) is 0 Å². The van der Waals surface area contributed by atoms with Gasteiger partial charge in [-0.25, -0.2) is 4.98 Å². The van der Waals surface area contributed by atoms with Crippen molar-refractivity contribution in [2.24, 2.45) is 5.92 Å². The molecule has 0 spiro atoms. The minimum atomic E-state index is -0.203. The van der Waals surface area contributed by atoms with Gasteiger partial charge in [-0.15, -0.1) is 0 Å². The van der Waals surface area contributed by atoms with E-state index in [9.17, 15) is 9.59 Å². The number of ether oxygens (including phenoxy) is 1. The van der Waals surface area contributed by atoms with Crippen LogP contribution in [0.2, 0.25) is 0 Å². The molecule has 144 valence electrons. The van der Waals surface area contributed by atoms with Crippen LogP contribution in [-0.2, 0) is 4.79 Å². The second kappa shape index (κ2) is 8.37. The van der Waals surface area contributed by atoms with Gasteiger partial charge in [0.15, 0.2) is 0 Å². The highest BCUT2D eigenvalue weighted by Gasteiger charge is 2.25. The van der Waals surface area contributed by atoms with Crippen molar-refractivity contribution in [2.45, 2.75) is 39.2 Å². The van der Waals surface area contributed by atoms with E-state index >= 15 is 0 Å². The van der Waals surface area contributed by atoms with Crippen molar-refractivity contribution in [3.05, 3.63) is 36.0 Å². The van der Waals surface area contributed by atoms with E-state index in [1.165, 1.54) is 0 Å². The van der Waals surface area contributed by atoms with Gasteiger partial charge in [0.05, 0.1) is 7.11 Å². The van der Waals surface area contributed by atoms with Gasteiger partial charge in [0, 0.05) is 30.9 Å². The molecule has 0 atom stereocenters. The Bertz CT molecular complexity index is 827. The monoisotopic (exact) mass is 369 g/mol. The molecule has 2 heterocycles. The fraction of sp³-hybridized carbons (Fsp3) is 0.476. The second-order valence-corrected chi connectivity index (χ2v) is 7.46. The van der Waals surface area contributed by atoms with Gasteiger partial charge in [0.25, 0.3) is 5.91 Å². The Morgan fingerprint density at radius 2 is 1.96 bits per heavy atom. The predicted molar refractivity (Wildman–Crippen MR) is 105 cm³/mol. The molecule has 6 nitrogen and oxygen atoms in total. The first-order chi connectivity index (χ1) is 13.0. The van der Waals surface area contributed by atoms with E-state index in [-0.39, 0.29) is 17.9 Å². The summed E-state index contributed by atoms with van der Waals surface area (Å²) >= 11 is 0. The predicted octanol–water partition coefficient (Wildman–Crippen LogP) is 3.01. The van der Waals surface area contributed by atoms with Crippen molar-refractivity contribution in [2.75, 3.05) is 20.2 Å². The molecule has 1 fully saturated rings. The normalized spacial score (nSPS) is 15.2. The number of carbonyl (C=O) groups is 2. The topological polar surface area (TPSA) is 71.5 Å². The number of fused-ring (bicyclic) bond motifs is 1. The molecular weight excluding hydrogens is 342 g/mol. The molecule has 1 aliphatic heterocycles. The van der Waals surface area contributed by atoms with E-state index in [2.05, 4.69) is 24.1 Å². The Morgan fingerprint density at radius 1 is 1.26 bits per heavy atom. The number of benzene rings is 1. The first-order valence-electron chi connectivity index (χ1n) is 9.50. The molecule has 1 aromatic heterocycles. The van der Waals surface area contributed by atoms with Crippen LogP contribution in [0, 0.1) is 5.92 Å². The van der Waals surface area contributed by atoms with E-state index in [0.717, 1.165) is 23.6 Å². The Balaban J connectivity index is 1.63. The van der Waals surface area contributed by atoms with Crippen molar-refractivity contribution in [3.8, 4) is 5.88 Å². The number of rotatable bonds is 5. The molecule has 2 aromatic rings. The first-order valence-corrected chi connectivity index (χ1v) is 9.50. The number of nitrogens with zero attached hydrogens (tertiary/aromatic N) is 2. The molecule has 0 bridgehead atoms. The van der Waals surface area contributed by atoms with Crippen LogP contribution in [0.3, 0.4) is 0 Å². The SMILES string of the molecule is COc1nc(C(=O)NC2CCN(C(=O)CC(C)C)CC2)cc2ccccc12. The molecule has 0 aliphatic carbocycles. The van der Waals surface area contributed by atoms with E-state index in [1.54, 1.807) is 13.2 Å². The lowest BCUT2D eigenvalue weighted by molar-refractivity contribution is -0.133. The number of amides is 2. The summed E-state index contributed by atoms with van der Waals surface area (Å²) in [5, 5.41) is 4.86. The highest BCUT2D eigenvalue weighted by molar-refractivity contribution is 5.98. The number of nitrogens with one attached hydrogen (secondary N) is 1. The van der Waals surface area contributed by atoms with Crippen molar-refractivity contribution in [1.82, 2.24) is 15.2 Å². The molecule has 1 N–H and O–H groups in total. The number of hydrogen-bond acceptors (Lipinski definition) is 4. The summed E-state index contributed by atoms with van der Waals surface area (Å²) in [7, 11) is 1.56. The van der Waals surface area contributed by atoms with Gasteiger partial charge >= 0.3 is 0 Å². The molecular formula is C21H27N3O3. The summed E-state index contributed by atoms with van der Waals surface area (Å²) in [6, 6.07) is 9.55. The van der Waals surface area contributed by atoms with Gasteiger partial charge < -0.3 is 15.0 Å². The minimum absolute atomic E-state index is 0.0554. The Morgan fingerprint density at radius 3 is 2.63 bits per heavy atom. The number of pyridine rings is 1. The van der Waals surface area contributed by atoms with Crippen LogP contribution in [0.1, 0.15) is 43.6 Å². The summed E-state index contributed by atoms with van der Waals surface area (Å²) in [6.07, 6.45) is 2.11. The van der Waals surface area contributed by atoms with Gasteiger partial charge in [0.1, 0.15) is 5.69 Å². The molecule has 0 radical (unpaired) electrons. The average molecular weight is 369 g/mol. The first kappa shape index (κ1) is 19.1. The van der Waals surface area contributed by atoms with Gasteiger partial charge in [-0.1, -0.05) is 32.0 Å². The third-order valence-electron chi connectivity index (χ3n) is 4.90. The van der Waals surface area contributed by atoms with Crippen molar-refractivity contribution >= 4 is 22.6 Å². The van der Waals surface area contributed by atoms with Crippen LogP contribution in [-0.4, -0.2) is 47.9 Å². The zero-order valence-corrected chi connectivity index (χ0v) is 16.2. The van der Waals surface area contributed by atoms with E-state index in [0.29, 0.717) is 37.0 Å². The lowest BCUT2D eigenvalue weighted by Gasteiger charge is -2.32. The van der Waals surface area contributed by atoms with Crippen molar-refractivity contribution < 1.29 is 14.3 Å². The number of aromatic nitrogens is 1. The van der Waals surface area contributed by atoms with Gasteiger partial charge in [-0.05, 0) is 36.3 Å². The second-order valence-electron chi connectivity index (χ2n) is 7.46. The average Bonchev–Trinajstić information content (AvgIpc) is 2.67. The van der Waals surface area contributed by atoms with Crippen LogP contribution in [0.15, 0.2) is 30.3 Å². The van der Waals surface area contributed by atoms with Gasteiger partial charge in [-0.2, -0.15) is 0 Å². The molecule has 2 amide bonds. The van der Waals surface area contributed by atoms with Gasteiger partial charge in [0.2, 0.25) is 11.8 Å². The molecule has 1 aliphatic rings. The summed E-state index contributed by atoms with van der Waals surface area (Å²) in [6.45, 7) is 5.47. The van der Waals surface area contributed by atoms with E-state index in [1.807, 2.05) is 29.2 Å². The van der Waals surface area contributed by atoms with Crippen LogP contribution >= 0.6 is 0 Å². The molecule has 27 heavy (non-hydrogen) atoms. The molecule has 0 saturated carbocycles. The summed E-state index contributed by atoms with van der Waals surface area (Å²) in [5.74, 6) is 0.818. The number of likely N-dealkylation sites (tertiary alicyclic amines) is 1. The van der Waals surface area contributed by atoms with Crippen LogP contribution in [0.5, 0.6) is 5.88 Å². The largest absolute Gasteiger partial charge is 0.481 e. The van der Waals surface area contributed by atoms with Gasteiger partial charge in [-0.3, -0.25) is 9.59 Å². The zero-order chi connectivity index (χ0) is 19.4. The number of hydrogen-bond donors (Lipinski definition) is 1. The van der Waals surface area contributed by atoms with Crippen molar-refractivity contribution in [1.29, 1.82) is 0 Å². The maximum Gasteiger partial charge on any atom is 0.270 e. The number of carbonyl (C=O) groups excluding carboxylic acids is 2. The zero-order valence-electron chi connectivity index (χ0n) is 16.2. The Hall–Kier alpha value is -2.63. The standard InChI is InChI=1S/C21H27N3O3/c1-14(2)12-19(25)24-10-8-16(9-11-24)22-20(26)18-13-15-6-4-5-7-17(15)21(23-18)27-3/h4-7,13-14,16H,8-12H2,1-3H3,(H,22,26). The molecule has 1 saturated heterocycles. The third-order valence-corrected chi connectivity index (χ3v) is 4.90. The quantitative estimate of drug-likeness (QED) is 0.879. The summed E-state index contributed by atoms with van der Waals surface area (Å²) in [5.41, 5.74) is 0.351. The fourth-order valence-corrected chi connectivity index (χ4v) is 3.45. The highest BCUT2D eigenvalue weighted by Crippen LogP contribution is 2.24. The molecule has 0 unspecified atom stereocenters. The molecule has 3 rings (SSSR count). The third kappa shape index (κ3) is 4.56. The smallest absolute Gasteiger partial charge is 0.270 e. The Labute approximate surface area is 159 Å². The van der Waals surface area contributed by atoms with E-state index in [4.69, 9.17) is 4.74 Å². The van der Waals surface area contributed by atoms with Crippen LogP contribution < -0.4 is 10.1 Å². The maximum absolute atomic E-state index is 12.7.